The molecule has 14 unspecified atom stereocenters. The number of aryl methyl sites for hydroxylation is 1. The molecule has 14 nitrogen and oxygen atoms in total. The number of aliphatic hydroxyl groups excluding tert-OH is 1. The van der Waals surface area contributed by atoms with E-state index in [1.54, 1.807) is 34.1 Å². The average Bonchev–Trinajstić information content (AvgIpc) is 3.70. The molecule has 1 aromatic carbocycles. The number of nitrogens with zero attached hydrogens (tertiary/aromatic N) is 2. The van der Waals surface area contributed by atoms with Crippen LogP contribution in [0.25, 0.3) is 10.9 Å². The number of hydrogen-bond donors (Lipinski definition) is 3. The number of nitrogens with one attached hydrogen (secondary N) is 1. The molecule has 2 saturated heterocycles. The Kier molecular flexibility index (Phi) is 18.5. The van der Waals surface area contributed by atoms with Crippen molar-refractivity contribution in [3.8, 4) is 0 Å². The number of Topliss-reactive ketones (excluding diaryl/α,β-unsaturated/α-hetero) is 2. The van der Waals surface area contributed by atoms with Crippen LogP contribution in [0.15, 0.2) is 66.4 Å². The number of cyclic esters (lactones) is 1. The van der Waals surface area contributed by atoms with Gasteiger partial charge >= 0.3 is 5.97 Å². The molecule has 3 aliphatic heterocycles. The lowest BCUT2D eigenvalue weighted by Gasteiger charge is -2.47. The fraction of sp³-hybridized carbons (Fsp3) is 0.667. The summed E-state index contributed by atoms with van der Waals surface area (Å²) >= 11 is 0. The summed E-state index contributed by atoms with van der Waals surface area (Å²) in [6, 6.07) is 7.33. The molecule has 0 spiro atoms. The maximum absolute atomic E-state index is 14.6. The van der Waals surface area contributed by atoms with Gasteiger partial charge in [-0.1, -0.05) is 51.5 Å². The van der Waals surface area contributed by atoms with Crippen LogP contribution in [0, 0.1) is 29.6 Å². The minimum Gasteiger partial charge on any atom is -0.456 e. The lowest BCUT2D eigenvalue weighted by molar-refractivity contribution is -0.302. The normalized spacial score (nSPS) is 36.3. The number of hydrogen-bond acceptors (Lipinski definition) is 12. The number of ketones is 2. The van der Waals surface area contributed by atoms with Gasteiger partial charge in [-0.25, -0.2) is 4.79 Å². The van der Waals surface area contributed by atoms with Crippen LogP contribution >= 0.6 is 0 Å². The van der Waals surface area contributed by atoms with Crippen molar-refractivity contribution in [1.82, 2.24) is 9.47 Å². The highest BCUT2D eigenvalue weighted by atomic mass is 16.7. The number of aliphatic hydroxyl groups is 2. The Morgan fingerprint density at radius 3 is 2.43 bits per heavy atom. The van der Waals surface area contributed by atoms with Crippen LogP contribution in [0.2, 0.25) is 0 Å². The molecule has 1 saturated carbocycles. The van der Waals surface area contributed by atoms with Crippen molar-refractivity contribution in [3.63, 3.8) is 0 Å². The first-order valence-corrected chi connectivity index (χ1v) is 25.0. The summed E-state index contributed by atoms with van der Waals surface area (Å²) in [5.74, 6) is -7.47. The monoisotopic (exact) mass is 946 g/mol. The lowest BCUT2D eigenvalue weighted by atomic mass is 9.80. The Morgan fingerprint density at radius 1 is 0.985 bits per heavy atom. The molecular weight excluding hydrogens is 867 g/mol. The van der Waals surface area contributed by atoms with Crippen molar-refractivity contribution in [1.29, 1.82) is 0 Å². The fourth-order valence-corrected chi connectivity index (χ4v) is 11.3. The predicted molar refractivity (Wildman–Crippen MR) is 262 cm³/mol. The smallest absolute Gasteiger partial charge is 0.329 e. The number of piperidine rings is 1. The first-order valence-electron chi connectivity index (χ1n) is 25.0. The molecule has 3 fully saturated rings. The van der Waals surface area contributed by atoms with Gasteiger partial charge in [-0.05, 0) is 120 Å². The molecular formula is C54H79N3O11. The van der Waals surface area contributed by atoms with E-state index in [0.29, 0.717) is 50.7 Å². The van der Waals surface area contributed by atoms with Gasteiger partial charge in [0.1, 0.15) is 24.0 Å². The molecule has 2 bridgehead atoms. The second kappa shape index (κ2) is 23.6. The number of fused-ring (bicyclic) bond motifs is 4. The third kappa shape index (κ3) is 12.2. The number of aromatic nitrogens is 1. The third-order valence-electron chi connectivity index (χ3n) is 15.3. The van der Waals surface area contributed by atoms with Crippen molar-refractivity contribution < 1.29 is 53.1 Å². The molecule has 0 radical (unpaired) electrons. The Labute approximate surface area is 403 Å². The zero-order valence-corrected chi connectivity index (χ0v) is 42.0. The summed E-state index contributed by atoms with van der Waals surface area (Å²) < 4.78 is 33.0. The van der Waals surface area contributed by atoms with E-state index >= 15 is 0 Å². The van der Waals surface area contributed by atoms with Crippen LogP contribution in [0.5, 0.6) is 0 Å². The Bertz CT molecular complexity index is 2150. The first kappa shape index (κ1) is 53.2. The van der Waals surface area contributed by atoms with Gasteiger partial charge in [-0.15, -0.1) is 6.58 Å². The molecule has 4 aliphatic rings. The molecule has 14 heteroatoms. The summed E-state index contributed by atoms with van der Waals surface area (Å²) in [6.07, 6.45) is 8.87. The van der Waals surface area contributed by atoms with Gasteiger partial charge in [0.15, 0.2) is 0 Å². The zero-order valence-electron chi connectivity index (χ0n) is 42.0. The van der Waals surface area contributed by atoms with Crippen molar-refractivity contribution in [2.45, 2.75) is 167 Å². The van der Waals surface area contributed by atoms with Gasteiger partial charge in [0.25, 0.3) is 11.7 Å². The van der Waals surface area contributed by atoms with Gasteiger partial charge < -0.3 is 48.7 Å². The minimum absolute atomic E-state index is 0.0251. The summed E-state index contributed by atoms with van der Waals surface area (Å²) in [5, 5.41) is 29.0. The maximum Gasteiger partial charge on any atom is 0.329 e. The fourth-order valence-electron chi connectivity index (χ4n) is 11.3. The quantitative estimate of drug-likeness (QED) is 0.121. The van der Waals surface area contributed by atoms with Crippen LogP contribution in [-0.2, 0) is 49.9 Å². The van der Waals surface area contributed by atoms with Crippen LogP contribution in [0.1, 0.15) is 112 Å². The van der Waals surface area contributed by atoms with Crippen LogP contribution in [-0.4, -0.2) is 125 Å². The van der Waals surface area contributed by atoms with Crippen LogP contribution in [0.4, 0.5) is 5.69 Å². The van der Waals surface area contributed by atoms with E-state index in [1.807, 2.05) is 40.1 Å². The van der Waals surface area contributed by atoms with Crippen molar-refractivity contribution >= 4 is 40.0 Å². The molecule has 1 aliphatic carbocycles. The molecule has 1 aromatic heterocycles. The van der Waals surface area contributed by atoms with Crippen molar-refractivity contribution in [3.05, 3.63) is 66.4 Å². The zero-order chi connectivity index (χ0) is 49.4. The largest absolute Gasteiger partial charge is 0.456 e. The SMILES string of the molecule is C=CCOC1CC(C=C(C)C2OC(=O)C3CCCCN3C(=O)C(=O)C3(O)OC(C(OC)CC(C)C/C(C)=C/C(CC)C(=O)CC(O)C2C)C(OC)CC3C)CCC1Nc1ccc2c(ccn2C)c1. The van der Waals surface area contributed by atoms with Gasteiger partial charge in [-0.2, -0.15) is 0 Å². The number of allylic oxidation sites excluding steroid dienone is 3. The van der Waals surface area contributed by atoms with E-state index in [1.165, 1.54) is 4.90 Å². The number of amides is 1. The van der Waals surface area contributed by atoms with Crippen LogP contribution in [0.3, 0.4) is 0 Å². The standard InChI is InChI=1S/C54H79N3O11/c1-11-23-66-46-29-37(16-18-41(46)55-40-17-19-42-39(30-40)20-22-56(42)8)27-34(5)49-36(7)44(58)31-45(59)38(12-2)25-32(3)24-33(4)26-47(64-9)50-48(65-10)28-35(6)54(63,68-50)51(60)52(61)57-21-14-13-15-43(57)53(62)67-49/h11,17,19-20,22,25,27,30,33,35-38,41,43-44,46-50,55,58,63H,1,12-16,18,21,23-24,26,28-29,31H2,2-10H3/b32-25+,34-27?. The average molecular weight is 946 g/mol. The molecule has 14 atom stereocenters. The summed E-state index contributed by atoms with van der Waals surface area (Å²) in [5.41, 5.74) is 3.86. The molecule has 376 valence electrons. The number of ether oxygens (including phenoxy) is 5. The van der Waals surface area contributed by atoms with E-state index in [0.717, 1.165) is 35.0 Å². The second-order valence-corrected chi connectivity index (χ2v) is 20.4. The van der Waals surface area contributed by atoms with Crippen molar-refractivity contribution in [2.24, 2.45) is 36.6 Å². The Morgan fingerprint density at radius 2 is 1.72 bits per heavy atom. The second-order valence-electron chi connectivity index (χ2n) is 20.4. The molecule has 68 heavy (non-hydrogen) atoms. The number of rotatable bonds is 10. The third-order valence-corrected chi connectivity index (χ3v) is 15.3. The highest BCUT2D eigenvalue weighted by molar-refractivity contribution is 6.39. The molecule has 3 N–H and O–H groups in total. The number of benzene rings is 1. The highest BCUT2D eigenvalue weighted by Gasteiger charge is 2.56. The molecule has 1 amide bonds. The minimum atomic E-state index is -2.51. The molecule has 2 aromatic rings. The van der Waals surface area contributed by atoms with Gasteiger partial charge in [0, 0.05) is 74.8 Å². The topological polar surface area (TPSA) is 175 Å². The van der Waals surface area contributed by atoms with Gasteiger partial charge in [0.2, 0.25) is 5.79 Å². The first-order chi connectivity index (χ1) is 32.4. The van der Waals surface area contributed by atoms with E-state index in [2.05, 4.69) is 53.7 Å². The van der Waals surface area contributed by atoms with Crippen LogP contribution < -0.4 is 5.32 Å². The van der Waals surface area contributed by atoms with E-state index in [9.17, 15) is 29.4 Å². The number of anilines is 1. The Balaban J connectivity index is 1.31. The number of carbonyl (C=O) groups is 4. The Hall–Kier alpha value is -4.18. The summed E-state index contributed by atoms with van der Waals surface area (Å²) in [7, 11) is 5.11. The van der Waals surface area contributed by atoms with E-state index in [-0.39, 0.29) is 55.6 Å². The van der Waals surface area contributed by atoms with E-state index < -0.39 is 77.8 Å². The van der Waals surface area contributed by atoms with Crippen molar-refractivity contribution in [2.75, 3.05) is 32.7 Å². The van der Waals surface area contributed by atoms with E-state index in [4.69, 9.17) is 23.7 Å². The number of methoxy groups -OCH3 is 2. The highest BCUT2D eigenvalue weighted by Crippen LogP contribution is 2.40. The lowest BCUT2D eigenvalue weighted by Crippen LogP contribution is -2.64. The summed E-state index contributed by atoms with van der Waals surface area (Å²) in [4.78, 5) is 58.7. The van der Waals surface area contributed by atoms with Gasteiger partial charge in [0.05, 0.1) is 37.1 Å². The number of carbonyl (C=O) groups excluding carboxylic acids is 4. The number of esters is 1. The predicted octanol–water partition coefficient (Wildman–Crippen LogP) is 7.64. The molecule has 4 heterocycles. The maximum atomic E-state index is 14.6. The summed E-state index contributed by atoms with van der Waals surface area (Å²) in [6.45, 7) is 15.7. The van der Waals surface area contributed by atoms with Gasteiger partial charge in [-0.3, -0.25) is 14.4 Å². The molecule has 6 rings (SSSR count).